The zero-order valence-corrected chi connectivity index (χ0v) is 11.5. The average Bonchev–Trinajstić information content (AvgIpc) is 2.34. The maximum Gasteiger partial charge on any atom is 0.138 e. The molecule has 1 fully saturated rings. The SMILES string of the molecule is O=C(Cc1ccc(Cl)cc1F)CC1CSCCN1. The highest BCUT2D eigenvalue weighted by atomic mass is 35.5. The first-order chi connectivity index (χ1) is 8.65. The number of halogens is 2. The number of thioether (sulfide) groups is 1. The van der Waals surface area contributed by atoms with Crippen LogP contribution < -0.4 is 5.32 Å². The van der Waals surface area contributed by atoms with E-state index < -0.39 is 5.82 Å². The summed E-state index contributed by atoms with van der Waals surface area (Å²) in [4.78, 5) is 11.9. The predicted octanol–water partition coefficient (Wildman–Crippen LogP) is 2.69. The zero-order chi connectivity index (χ0) is 13.0. The van der Waals surface area contributed by atoms with E-state index in [-0.39, 0.29) is 18.2 Å². The quantitative estimate of drug-likeness (QED) is 0.923. The summed E-state index contributed by atoms with van der Waals surface area (Å²) >= 11 is 7.52. The summed E-state index contributed by atoms with van der Waals surface area (Å²) < 4.78 is 13.5. The molecule has 98 valence electrons. The largest absolute Gasteiger partial charge is 0.312 e. The molecule has 0 aliphatic carbocycles. The third-order valence-electron chi connectivity index (χ3n) is 2.88. The van der Waals surface area contributed by atoms with Crippen molar-refractivity contribution < 1.29 is 9.18 Å². The van der Waals surface area contributed by atoms with Gasteiger partial charge in [0.15, 0.2) is 0 Å². The van der Waals surface area contributed by atoms with Gasteiger partial charge in [0.2, 0.25) is 0 Å². The fraction of sp³-hybridized carbons (Fsp3) is 0.462. The summed E-state index contributed by atoms with van der Waals surface area (Å²) in [6, 6.07) is 4.67. The van der Waals surface area contributed by atoms with Crippen molar-refractivity contribution in [1.29, 1.82) is 0 Å². The molecule has 1 heterocycles. The van der Waals surface area contributed by atoms with Crippen molar-refractivity contribution in [3.63, 3.8) is 0 Å². The Balaban J connectivity index is 1.90. The first-order valence-corrected chi connectivity index (χ1v) is 7.45. The van der Waals surface area contributed by atoms with Gasteiger partial charge < -0.3 is 5.32 Å². The summed E-state index contributed by atoms with van der Waals surface area (Å²) in [6.07, 6.45) is 0.612. The summed E-state index contributed by atoms with van der Waals surface area (Å²) in [5.74, 6) is 1.71. The molecule has 1 unspecified atom stereocenters. The number of benzene rings is 1. The molecule has 0 aromatic heterocycles. The van der Waals surface area contributed by atoms with Crippen LogP contribution in [0.1, 0.15) is 12.0 Å². The number of carbonyl (C=O) groups excluding carboxylic acids is 1. The average molecular weight is 288 g/mol. The van der Waals surface area contributed by atoms with E-state index in [1.165, 1.54) is 6.07 Å². The van der Waals surface area contributed by atoms with Crippen LogP contribution in [0.25, 0.3) is 0 Å². The maximum absolute atomic E-state index is 13.5. The van der Waals surface area contributed by atoms with Crippen LogP contribution in [0, 0.1) is 5.82 Å². The van der Waals surface area contributed by atoms with Gasteiger partial charge in [-0.15, -0.1) is 0 Å². The van der Waals surface area contributed by atoms with Crippen molar-refractivity contribution >= 4 is 29.1 Å². The minimum atomic E-state index is -0.401. The number of hydrogen-bond donors (Lipinski definition) is 1. The van der Waals surface area contributed by atoms with Gasteiger partial charge in [-0.05, 0) is 17.7 Å². The molecule has 1 N–H and O–H groups in total. The minimum Gasteiger partial charge on any atom is -0.312 e. The van der Waals surface area contributed by atoms with Crippen molar-refractivity contribution in [2.75, 3.05) is 18.1 Å². The molecule has 1 aliphatic heterocycles. The first kappa shape index (κ1) is 13.8. The molecule has 2 rings (SSSR count). The second kappa shape index (κ2) is 6.55. The molecular formula is C13H15ClFNOS. The Kier molecular flexibility index (Phi) is 5.03. The molecule has 5 heteroatoms. The monoisotopic (exact) mass is 287 g/mol. The van der Waals surface area contributed by atoms with Crippen LogP contribution in [0.3, 0.4) is 0 Å². The Labute approximate surface area is 115 Å². The topological polar surface area (TPSA) is 29.1 Å². The van der Waals surface area contributed by atoms with Gasteiger partial charge in [-0.25, -0.2) is 4.39 Å². The van der Waals surface area contributed by atoms with Gasteiger partial charge in [0.05, 0.1) is 0 Å². The normalized spacial score (nSPS) is 19.8. The molecule has 2 nitrogen and oxygen atoms in total. The van der Waals surface area contributed by atoms with Gasteiger partial charge in [-0.2, -0.15) is 11.8 Å². The Morgan fingerprint density at radius 3 is 3.06 bits per heavy atom. The Hall–Kier alpha value is -0.580. The second-order valence-corrected chi connectivity index (χ2v) is 5.97. The lowest BCUT2D eigenvalue weighted by Gasteiger charge is -2.22. The number of carbonyl (C=O) groups is 1. The van der Waals surface area contributed by atoms with E-state index in [0.717, 1.165) is 18.1 Å². The van der Waals surface area contributed by atoms with E-state index in [1.807, 2.05) is 11.8 Å². The first-order valence-electron chi connectivity index (χ1n) is 5.92. The van der Waals surface area contributed by atoms with E-state index in [9.17, 15) is 9.18 Å². The van der Waals surface area contributed by atoms with Crippen LogP contribution in [0.4, 0.5) is 4.39 Å². The molecule has 1 saturated heterocycles. The van der Waals surface area contributed by atoms with Gasteiger partial charge in [-0.1, -0.05) is 17.7 Å². The van der Waals surface area contributed by atoms with E-state index in [1.54, 1.807) is 12.1 Å². The smallest absolute Gasteiger partial charge is 0.138 e. The van der Waals surface area contributed by atoms with Gasteiger partial charge in [0.25, 0.3) is 0 Å². The molecule has 1 aromatic rings. The maximum atomic E-state index is 13.5. The van der Waals surface area contributed by atoms with Crippen LogP contribution in [0.15, 0.2) is 18.2 Å². The minimum absolute atomic E-state index is 0.0659. The Morgan fingerprint density at radius 2 is 2.39 bits per heavy atom. The molecule has 0 spiro atoms. The molecule has 1 atom stereocenters. The highest BCUT2D eigenvalue weighted by Crippen LogP contribution is 2.17. The second-order valence-electron chi connectivity index (χ2n) is 4.38. The van der Waals surface area contributed by atoms with Crippen molar-refractivity contribution in [3.8, 4) is 0 Å². The molecule has 0 radical (unpaired) electrons. The zero-order valence-electron chi connectivity index (χ0n) is 9.92. The molecule has 0 amide bonds. The Morgan fingerprint density at radius 1 is 1.56 bits per heavy atom. The van der Waals surface area contributed by atoms with Gasteiger partial charge in [-0.3, -0.25) is 4.79 Å². The molecule has 0 bridgehead atoms. The molecule has 1 aromatic carbocycles. The predicted molar refractivity (Wildman–Crippen MR) is 73.9 cm³/mol. The summed E-state index contributed by atoms with van der Waals surface area (Å²) in [7, 11) is 0. The van der Waals surface area contributed by atoms with E-state index in [4.69, 9.17) is 11.6 Å². The van der Waals surface area contributed by atoms with E-state index in [2.05, 4.69) is 5.32 Å². The molecular weight excluding hydrogens is 273 g/mol. The summed E-state index contributed by atoms with van der Waals surface area (Å²) in [6.45, 7) is 0.942. The Bertz CT molecular complexity index is 435. The van der Waals surface area contributed by atoms with E-state index in [0.29, 0.717) is 17.0 Å². The number of ketones is 1. The van der Waals surface area contributed by atoms with Crippen LogP contribution in [0.2, 0.25) is 5.02 Å². The molecule has 1 aliphatic rings. The lowest BCUT2D eigenvalue weighted by Crippen LogP contribution is -2.39. The lowest BCUT2D eigenvalue weighted by molar-refractivity contribution is -0.118. The number of nitrogens with one attached hydrogen (secondary N) is 1. The number of hydrogen-bond acceptors (Lipinski definition) is 3. The van der Waals surface area contributed by atoms with Gasteiger partial charge >= 0.3 is 0 Å². The van der Waals surface area contributed by atoms with Crippen molar-refractivity contribution in [2.24, 2.45) is 0 Å². The van der Waals surface area contributed by atoms with Crippen LogP contribution >= 0.6 is 23.4 Å². The lowest BCUT2D eigenvalue weighted by atomic mass is 10.0. The van der Waals surface area contributed by atoms with Crippen molar-refractivity contribution in [1.82, 2.24) is 5.32 Å². The van der Waals surface area contributed by atoms with Crippen molar-refractivity contribution in [2.45, 2.75) is 18.9 Å². The number of Topliss-reactive ketones (excluding diaryl/α,β-unsaturated/α-hetero) is 1. The fourth-order valence-corrected chi connectivity index (χ4v) is 3.08. The van der Waals surface area contributed by atoms with Crippen LogP contribution in [-0.4, -0.2) is 29.9 Å². The van der Waals surface area contributed by atoms with Crippen LogP contribution in [0.5, 0.6) is 0 Å². The molecule has 0 saturated carbocycles. The van der Waals surface area contributed by atoms with Gasteiger partial charge in [0, 0.05) is 42.0 Å². The highest BCUT2D eigenvalue weighted by molar-refractivity contribution is 7.99. The number of rotatable bonds is 4. The van der Waals surface area contributed by atoms with Gasteiger partial charge in [0.1, 0.15) is 11.6 Å². The van der Waals surface area contributed by atoms with Crippen LogP contribution in [-0.2, 0) is 11.2 Å². The standard InChI is InChI=1S/C13H15ClFNOS/c14-10-2-1-9(13(15)6-10)5-12(17)7-11-8-18-4-3-16-11/h1-2,6,11,16H,3-5,7-8H2. The third-order valence-corrected chi connectivity index (χ3v) is 4.24. The highest BCUT2D eigenvalue weighted by Gasteiger charge is 2.17. The summed E-state index contributed by atoms with van der Waals surface area (Å²) in [5.41, 5.74) is 0.424. The summed E-state index contributed by atoms with van der Waals surface area (Å²) in [5, 5.41) is 3.66. The van der Waals surface area contributed by atoms with Crippen molar-refractivity contribution in [3.05, 3.63) is 34.6 Å². The fourth-order valence-electron chi connectivity index (χ4n) is 1.98. The third kappa shape index (κ3) is 3.97. The molecule has 18 heavy (non-hydrogen) atoms. The van der Waals surface area contributed by atoms with E-state index >= 15 is 0 Å².